The number of hydrogen-bond donors (Lipinski definition) is 4. The van der Waals surface area contributed by atoms with Gasteiger partial charge in [-0.1, -0.05) is 32.6 Å². The second kappa shape index (κ2) is 14.4. The maximum absolute atomic E-state index is 13.0. The topological polar surface area (TPSA) is 154 Å². The van der Waals surface area contributed by atoms with Gasteiger partial charge in [-0.15, -0.1) is 0 Å². The lowest BCUT2D eigenvalue weighted by atomic mass is 10.0. The molecule has 4 rings (SSSR count). The van der Waals surface area contributed by atoms with Gasteiger partial charge in [0.1, 0.15) is 25.1 Å². The van der Waals surface area contributed by atoms with E-state index in [-0.39, 0.29) is 11.7 Å². The molecule has 0 aliphatic carbocycles. The number of nitrogens with one attached hydrogen (secondary N) is 3. The van der Waals surface area contributed by atoms with Crippen molar-refractivity contribution in [1.82, 2.24) is 25.2 Å². The predicted octanol–water partition coefficient (Wildman–Crippen LogP) is 3.78. The van der Waals surface area contributed by atoms with Crippen molar-refractivity contribution in [2.24, 2.45) is 0 Å². The molecule has 1 aliphatic rings. The summed E-state index contributed by atoms with van der Waals surface area (Å²) in [4.78, 5) is 29.6. The van der Waals surface area contributed by atoms with E-state index in [4.69, 9.17) is 19.9 Å². The van der Waals surface area contributed by atoms with E-state index in [2.05, 4.69) is 32.6 Å². The molecule has 40 heavy (non-hydrogen) atoms. The van der Waals surface area contributed by atoms with E-state index in [1.165, 1.54) is 10.8 Å². The van der Waals surface area contributed by atoms with Crippen LogP contribution >= 0.6 is 0 Å². The smallest absolute Gasteiger partial charge is 0.323 e. The van der Waals surface area contributed by atoms with Gasteiger partial charge in [0.05, 0.1) is 12.2 Å². The van der Waals surface area contributed by atoms with E-state index in [0.29, 0.717) is 71.5 Å². The quantitative estimate of drug-likeness (QED) is 0.232. The number of rotatable bonds is 9. The van der Waals surface area contributed by atoms with Gasteiger partial charge < -0.3 is 35.9 Å². The molecule has 1 aliphatic heterocycles. The van der Waals surface area contributed by atoms with Crippen LogP contribution in [-0.4, -0.2) is 60.0 Å². The number of nitrogens with two attached hydrogens (primary N) is 1. The number of carbonyl (C=O) groups is 2. The highest BCUT2D eigenvalue weighted by Gasteiger charge is 2.21. The van der Waals surface area contributed by atoms with Crippen molar-refractivity contribution in [3.63, 3.8) is 0 Å². The minimum Gasteiger partial charge on any atom is -0.486 e. The number of nitrogens with zero attached hydrogens (tertiary/aromatic N) is 3. The Labute approximate surface area is 232 Å². The number of methoxy groups -OCH3 is 1. The minimum absolute atomic E-state index is 0.205. The standard InChI is InChI=1S/C26H29N7O5.C2H6/c1-4-17(22-19(25(34)28-9-10-36-3)14-33-23(22)24(27)29-15-30-33)6-5-16(2)31-26(35)32-18-7-8-20-21(13-18)38-12-11-37-20;1-2/h4-8,13-15H,1,9-12H2,2-3H3,(H,28,34)(H2,27,29,30)(H2,31,32,35);1-2H3/b16-5+,17-6+;. The van der Waals surface area contributed by atoms with Crippen LogP contribution in [-0.2, 0) is 4.74 Å². The van der Waals surface area contributed by atoms with Crippen molar-refractivity contribution in [2.75, 3.05) is 44.5 Å². The van der Waals surface area contributed by atoms with Crippen LogP contribution < -0.4 is 31.2 Å². The van der Waals surface area contributed by atoms with E-state index in [0.717, 1.165) is 0 Å². The lowest BCUT2D eigenvalue weighted by Gasteiger charge is -2.19. The zero-order valence-electron chi connectivity index (χ0n) is 23.1. The van der Waals surface area contributed by atoms with Crippen LogP contribution in [0.3, 0.4) is 0 Å². The molecular weight excluding hydrogens is 514 g/mol. The van der Waals surface area contributed by atoms with Gasteiger partial charge in [0, 0.05) is 42.9 Å². The lowest BCUT2D eigenvalue weighted by Crippen LogP contribution is -2.27. The molecule has 0 fully saturated rings. The number of aromatic nitrogens is 3. The van der Waals surface area contributed by atoms with Crippen LogP contribution in [0.1, 0.15) is 36.7 Å². The molecule has 12 heteroatoms. The molecule has 5 N–H and O–H groups in total. The molecular formula is C28H35N7O5. The van der Waals surface area contributed by atoms with E-state index >= 15 is 0 Å². The summed E-state index contributed by atoms with van der Waals surface area (Å²) in [6, 6.07) is 4.74. The first kappa shape index (κ1) is 29.7. The summed E-state index contributed by atoms with van der Waals surface area (Å²) >= 11 is 0. The fourth-order valence-corrected chi connectivity index (χ4v) is 3.83. The number of carbonyl (C=O) groups excluding carboxylic acids is 2. The van der Waals surface area contributed by atoms with Crippen LogP contribution in [0.15, 0.2) is 61.2 Å². The molecule has 0 atom stereocenters. The number of nitrogen functional groups attached to an aromatic ring is 1. The average Bonchev–Trinajstić information content (AvgIpc) is 3.35. The number of allylic oxidation sites excluding steroid dienone is 5. The van der Waals surface area contributed by atoms with Crippen LogP contribution in [0.5, 0.6) is 11.5 Å². The van der Waals surface area contributed by atoms with Crippen molar-refractivity contribution in [3.8, 4) is 11.5 Å². The predicted molar refractivity (Wildman–Crippen MR) is 154 cm³/mol. The van der Waals surface area contributed by atoms with Crippen molar-refractivity contribution in [3.05, 3.63) is 72.4 Å². The second-order valence-corrected chi connectivity index (χ2v) is 8.22. The number of amides is 3. The van der Waals surface area contributed by atoms with Crippen molar-refractivity contribution in [2.45, 2.75) is 20.8 Å². The first-order chi connectivity index (χ1) is 19.4. The van der Waals surface area contributed by atoms with Crippen molar-refractivity contribution < 1.29 is 23.8 Å². The normalized spacial score (nSPS) is 12.7. The highest BCUT2D eigenvalue weighted by molar-refractivity contribution is 6.05. The molecule has 3 aromatic rings. The van der Waals surface area contributed by atoms with E-state index in [9.17, 15) is 9.59 Å². The molecule has 0 radical (unpaired) electrons. The Kier molecular flexibility index (Phi) is 10.7. The highest BCUT2D eigenvalue weighted by atomic mass is 16.6. The van der Waals surface area contributed by atoms with E-state index < -0.39 is 6.03 Å². The Morgan fingerprint density at radius 2 is 1.95 bits per heavy atom. The maximum atomic E-state index is 13.0. The summed E-state index contributed by atoms with van der Waals surface area (Å²) in [5.41, 5.74) is 9.14. The highest BCUT2D eigenvalue weighted by Crippen LogP contribution is 2.33. The van der Waals surface area contributed by atoms with Gasteiger partial charge in [-0.25, -0.2) is 14.3 Å². The van der Waals surface area contributed by atoms with Crippen LogP contribution in [0.25, 0.3) is 11.1 Å². The van der Waals surface area contributed by atoms with Gasteiger partial charge in [0.15, 0.2) is 17.3 Å². The number of hydrogen-bond acceptors (Lipinski definition) is 8. The van der Waals surface area contributed by atoms with Crippen molar-refractivity contribution >= 4 is 34.5 Å². The molecule has 12 nitrogen and oxygen atoms in total. The van der Waals surface area contributed by atoms with Gasteiger partial charge >= 0.3 is 6.03 Å². The number of benzene rings is 1. The number of ether oxygens (including phenoxy) is 3. The molecule has 0 saturated heterocycles. The fourth-order valence-electron chi connectivity index (χ4n) is 3.83. The summed E-state index contributed by atoms with van der Waals surface area (Å²) in [5.74, 6) is 1.09. The molecule has 212 valence electrons. The largest absolute Gasteiger partial charge is 0.486 e. The maximum Gasteiger partial charge on any atom is 0.323 e. The fraction of sp³-hybridized carbons (Fsp3) is 0.286. The van der Waals surface area contributed by atoms with Gasteiger partial charge in [-0.3, -0.25) is 4.79 Å². The van der Waals surface area contributed by atoms with E-state index in [1.54, 1.807) is 56.7 Å². The third-order valence-electron chi connectivity index (χ3n) is 5.57. The molecule has 0 saturated carbocycles. The number of urea groups is 1. The molecule has 3 heterocycles. The average molecular weight is 550 g/mol. The monoisotopic (exact) mass is 549 g/mol. The summed E-state index contributed by atoms with van der Waals surface area (Å²) < 4.78 is 17.6. The van der Waals surface area contributed by atoms with Crippen molar-refractivity contribution in [1.29, 1.82) is 0 Å². The Hall–Kier alpha value is -4.84. The van der Waals surface area contributed by atoms with Crippen LogP contribution in [0.4, 0.5) is 16.3 Å². The van der Waals surface area contributed by atoms with E-state index in [1.807, 2.05) is 13.8 Å². The van der Waals surface area contributed by atoms with Gasteiger partial charge in [0.25, 0.3) is 5.91 Å². The lowest BCUT2D eigenvalue weighted by molar-refractivity contribution is 0.0937. The second-order valence-electron chi connectivity index (χ2n) is 8.22. The third kappa shape index (κ3) is 7.17. The van der Waals surface area contributed by atoms with Gasteiger partial charge in [-0.2, -0.15) is 5.10 Å². The Morgan fingerprint density at radius 3 is 2.67 bits per heavy atom. The molecule has 1 aromatic carbocycles. The summed E-state index contributed by atoms with van der Waals surface area (Å²) in [6.07, 6.45) is 7.89. The molecule has 0 unspecified atom stereocenters. The zero-order valence-corrected chi connectivity index (χ0v) is 23.1. The van der Waals surface area contributed by atoms with Crippen LogP contribution in [0.2, 0.25) is 0 Å². The number of anilines is 2. The van der Waals surface area contributed by atoms with Crippen LogP contribution in [0, 0.1) is 0 Å². The molecule has 0 bridgehead atoms. The summed E-state index contributed by atoms with van der Waals surface area (Å²) in [7, 11) is 1.55. The zero-order chi connectivity index (χ0) is 29.1. The summed E-state index contributed by atoms with van der Waals surface area (Å²) in [6.45, 7) is 11.3. The minimum atomic E-state index is -0.436. The van der Waals surface area contributed by atoms with Gasteiger partial charge in [-0.05, 0) is 30.7 Å². The Morgan fingerprint density at radius 1 is 1.20 bits per heavy atom. The molecule has 0 spiro atoms. The Balaban J connectivity index is 0.00000216. The SMILES string of the molecule is C=C/C(=C\C=C(/C)NC(=O)Nc1ccc2c(c1)OCCO2)c1c(C(=O)NCCOC)cn2ncnc(N)c12.CC. The van der Waals surface area contributed by atoms with Gasteiger partial charge in [0.2, 0.25) is 0 Å². The third-order valence-corrected chi connectivity index (χ3v) is 5.57. The Bertz CT molecular complexity index is 1430. The molecule has 3 amide bonds. The first-order valence-corrected chi connectivity index (χ1v) is 12.8. The first-order valence-electron chi connectivity index (χ1n) is 12.8. The number of fused-ring (bicyclic) bond motifs is 2. The molecule has 2 aromatic heterocycles. The summed E-state index contributed by atoms with van der Waals surface area (Å²) in [5, 5.41) is 12.5.